The molecule has 1 N–H and O–H groups in total. The quantitative estimate of drug-likeness (QED) is 0.511. The molecule has 3 heteroatoms. The second-order valence-corrected chi connectivity index (χ2v) is 1.51. The molecule has 0 unspecified atom stereocenters. The van der Waals surface area contributed by atoms with E-state index in [4.69, 9.17) is 10.4 Å². The molecule has 0 rings (SSSR count). The number of ether oxygens (including phenoxy) is 1. The Kier molecular flexibility index (Phi) is 3.16. The van der Waals surface area contributed by atoms with Crippen LogP contribution >= 0.6 is 0 Å². The van der Waals surface area contributed by atoms with Crippen LogP contribution in [0.15, 0.2) is 0 Å². The van der Waals surface area contributed by atoms with Crippen molar-refractivity contribution < 1.29 is 9.84 Å². The summed E-state index contributed by atoms with van der Waals surface area (Å²) in [5, 5.41) is 16.7. The number of hydrogen-bond donors (Lipinski definition) is 1. The predicted molar refractivity (Wildman–Crippen MR) is 28.1 cm³/mol. The molecule has 3 nitrogen and oxygen atoms in total. The van der Waals surface area contributed by atoms with Crippen LogP contribution in [0.2, 0.25) is 0 Å². The van der Waals surface area contributed by atoms with Gasteiger partial charge in [0.25, 0.3) is 0 Å². The van der Waals surface area contributed by atoms with Crippen LogP contribution in [0, 0.1) is 11.3 Å². The third-order valence-corrected chi connectivity index (χ3v) is 0.949. The monoisotopic (exact) mass is 115 g/mol. The summed E-state index contributed by atoms with van der Waals surface area (Å²) in [6, 6.07) is 1.65. The van der Waals surface area contributed by atoms with Gasteiger partial charge in [-0.3, -0.25) is 0 Å². The minimum absolute atomic E-state index is 0.389. The van der Waals surface area contributed by atoms with Crippen LogP contribution in [-0.4, -0.2) is 24.4 Å². The number of hydrogen-bond acceptors (Lipinski definition) is 3. The fraction of sp³-hybridized carbons (Fsp3) is 0.800. The zero-order valence-electron chi connectivity index (χ0n) is 4.96. The highest BCUT2D eigenvalue weighted by molar-refractivity contribution is 4.86. The molecule has 2 atom stereocenters. The van der Waals surface area contributed by atoms with E-state index in [9.17, 15) is 0 Å². The van der Waals surface area contributed by atoms with E-state index in [2.05, 4.69) is 4.74 Å². The Morgan fingerprint density at radius 1 is 1.75 bits per heavy atom. The van der Waals surface area contributed by atoms with Gasteiger partial charge in [-0.25, -0.2) is 0 Å². The van der Waals surface area contributed by atoms with Crippen molar-refractivity contribution in [2.75, 3.05) is 7.11 Å². The van der Waals surface area contributed by atoms with Gasteiger partial charge in [0.1, 0.15) is 0 Å². The van der Waals surface area contributed by atoms with E-state index in [1.165, 1.54) is 7.11 Å². The fourth-order valence-electron chi connectivity index (χ4n) is 0.234. The highest BCUT2D eigenvalue weighted by Crippen LogP contribution is 1.93. The highest BCUT2D eigenvalue weighted by Gasteiger charge is 2.09. The van der Waals surface area contributed by atoms with E-state index in [1.807, 2.05) is 0 Å². The summed E-state index contributed by atoms with van der Waals surface area (Å²) < 4.78 is 4.63. The van der Waals surface area contributed by atoms with E-state index in [0.717, 1.165) is 0 Å². The largest absolute Gasteiger partial charge is 0.378 e. The van der Waals surface area contributed by atoms with Gasteiger partial charge in [-0.15, -0.1) is 0 Å². The van der Waals surface area contributed by atoms with E-state index >= 15 is 0 Å². The predicted octanol–water partition coefficient (Wildman–Crippen LogP) is -0.0942. The van der Waals surface area contributed by atoms with Gasteiger partial charge in [-0.2, -0.15) is 5.26 Å². The molecule has 0 heterocycles. The zero-order valence-corrected chi connectivity index (χ0v) is 4.96. The Labute approximate surface area is 48.5 Å². The first-order valence-electron chi connectivity index (χ1n) is 2.33. The second-order valence-electron chi connectivity index (χ2n) is 1.51. The summed E-state index contributed by atoms with van der Waals surface area (Å²) in [6.45, 7) is 1.63. The van der Waals surface area contributed by atoms with Gasteiger partial charge in [0.05, 0.1) is 12.2 Å². The molecule has 0 aromatic carbocycles. The molecule has 0 spiro atoms. The number of rotatable bonds is 2. The van der Waals surface area contributed by atoms with E-state index in [0.29, 0.717) is 0 Å². The molecule has 0 aliphatic rings. The SMILES string of the molecule is CO[C@@H](C)[C@@H](O)C#N. The van der Waals surface area contributed by atoms with Gasteiger partial charge in [0.15, 0.2) is 6.10 Å². The van der Waals surface area contributed by atoms with Gasteiger partial charge in [-0.1, -0.05) is 0 Å². The first-order chi connectivity index (χ1) is 3.72. The summed E-state index contributed by atoms with van der Waals surface area (Å²) in [5.41, 5.74) is 0. The number of aliphatic hydroxyl groups excluding tert-OH is 1. The van der Waals surface area contributed by atoms with Gasteiger partial charge in [0, 0.05) is 7.11 Å². The Morgan fingerprint density at radius 2 is 2.25 bits per heavy atom. The lowest BCUT2D eigenvalue weighted by Crippen LogP contribution is -2.22. The summed E-state index contributed by atoms with van der Waals surface area (Å²) in [7, 11) is 1.45. The Bertz CT molecular complexity index is 97.1. The highest BCUT2D eigenvalue weighted by atomic mass is 16.5. The maximum Gasteiger partial charge on any atom is 0.166 e. The summed E-state index contributed by atoms with van der Waals surface area (Å²) in [6.07, 6.45) is -1.39. The third-order valence-electron chi connectivity index (χ3n) is 0.949. The molecule has 0 fully saturated rings. The number of aliphatic hydroxyl groups is 1. The molecule has 0 aromatic heterocycles. The molecular weight excluding hydrogens is 106 g/mol. The van der Waals surface area contributed by atoms with Crippen molar-refractivity contribution in [2.24, 2.45) is 0 Å². The van der Waals surface area contributed by atoms with Gasteiger partial charge < -0.3 is 9.84 Å². The maximum atomic E-state index is 8.64. The normalized spacial score (nSPS) is 16.8. The minimum Gasteiger partial charge on any atom is -0.378 e. The number of methoxy groups -OCH3 is 1. The van der Waals surface area contributed by atoms with E-state index in [1.54, 1.807) is 13.0 Å². The van der Waals surface area contributed by atoms with Crippen molar-refractivity contribution in [1.29, 1.82) is 5.26 Å². The van der Waals surface area contributed by atoms with E-state index < -0.39 is 6.10 Å². The first kappa shape index (κ1) is 7.41. The Hall–Kier alpha value is -0.590. The Morgan fingerprint density at radius 3 is 2.38 bits per heavy atom. The van der Waals surface area contributed by atoms with Crippen LogP contribution in [0.1, 0.15) is 6.92 Å². The molecule has 0 bridgehead atoms. The third kappa shape index (κ3) is 1.92. The van der Waals surface area contributed by atoms with Gasteiger partial charge in [0.2, 0.25) is 0 Å². The van der Waals surface area contributed by atoms with Crippen LogP contribution < -0.4 is 0 Å². The van der Waals surface area contributed by atoms with Crippen molar-refractivity contribution in [3.8, 4) is 6.07 Å². The molecule has 46 valence electrons. The average Bonchev–Trinajstić information content (AvgIpc) is 1.84. The van der Waals surface area contributed by atoms with Crippen molar-refractivity contribution in [3.63, 3.8) is 0 Å². The summed E-state index contributed by atoms with van der Waals surface area (Å²) in [5.74, 6) is 0. The van der Waals surface area contributed by atoms with Crippen molar-refractivity contribution in [1.82, 2.24) is 0 Å². The topological polar surface area (TPSA) is 53.2 Å². The Balaban J connectivity index is 3.49. The summed E-state index contributed by atoms with van der Waals surface area (Å²) in [4.78, 5) is 0. The maximum absolute atomic E-state index is 8.64. The van der Waals surface area contributed by atoms with Crippen LogP contribution in [0.5, 0.6) is 0 Å². The lowest BCUT2D eigenvalue weighted by Gasteiger charge is -2.08. The van der Waals surface area contributed by atoms with Crippen molar-refractivity contribution in [2.45, 2.75) is 19.1 Å². The van der Waals surface area contributed by atoms with Crippen molar-refractivity contribution in [3.05, 3.63) is 0 Å². The van der Waals surface area contributed by atoms with Crippen molar-refractivity contribution >= 4 is 0 Å². The molecule has 0 radical (unpaired) electrons. The first-order valence-corrected chi connectivity index (χ1v) is 2.33. The molecular formula is C5H9NO2. The smallest absolute Gasteiger partial charge is 0.166 e. The van der Waals surface area contributed by atoms with Crippen LogP contribution in [0.4, 0.5) is 0 Å². The molecule has 0 aromatic rings. The number of nitriles is 1. The van der Waals surface area contributed by atoms with Crippen LogP contribution in [0.25, 0.3) is 0 Å². The average molecular weight is 115 g/mol. The lowest BCUT2D eigenvalue weighted by atomic mass is 10.2. The van der Waals surface area contributed by atoms with Gasteiger partial charge in [-0.05, 0) is 6.92 Å². The molecule has 0 saturated heterocycles. The summed E-state index contributed by atoms with van der Waals surface area (Å²) >= 11 is 0. The van der Waals surface area contributed by atoms with Crippen LogP contribution in [-0.2, 0) is 4.74 Å². The molecule has 0 aliphatic carbocycles. The van der Waals surface area contributed by atoms with Crippen LogP contribution in [0.3, 0.4) is 0 Å². The second kappa shape index (κ2) is 3.42. The zero-order chi connectivity index (χ0) is 6.57. The molecule has 0 saturated carbocycles. The minimum atomic E-state index is -1.00. The molecule has 8 heavy (non-hydrogen) atoms. The van der Waals surface area contributed by atoms with Gasteiger partial charge >= 0.3 is 0 Å². The lowest BCUT2D eigenvalue weighted by molar-refractivity contribution is 0.0282. The molecule has 0 amide bonds. The molecule has 0 aliphatic heterocycles. The standard InChI is InChI=1S/C5H9NO2/c1-4(8-2)5(7)3-6/h4-5,7H,1-2H3/t4-,5-/m0/s1. The van der Waals surface area contributed by atoms with E-state index in [-0.39, 0.29) is 6.10 Å². The number of nitrogens with zero attached hydrogens (tertiary/aromatic N) is 1. The fourth-order valence-corrected chi connectivity index (χ4v) is 0.234.